The van der Waals surface area contributed by atoms with Gasteiger partial charge in [-0.25, -0.2) is 4.68 Å². The number of likely N-dealkylation sites (tertiary alicyclic amines) is 2. The number of carbonyl (C=O) groups is 3. The fourth-order valence-electron chi connectivity index (χ4n) is 9.12. The summed E-state index contributed by atoms with van der Waals surface area (Å²) in [4.78, 5) is 57.1. The molecule has 2 aromatic carbocycles. The van der Waals surface area contributed by atoms with E-state index in [0.717, 1.165) is 101 Å². The van der Waals surface area contributed by atoms with Crippen LogP contribution in [0.25, 0.3) is 0 Å². The lowest BCUT2D eigenvalue weighted by molar-refractivity contribution is -0.134. The fraction of sp³-hybridized carbons (Fsp3) is 0.537. The highest BCUT2D eigenvalue weighted by Crippen LogP contribution is 2.43. The smallest absolute Gasteiger partial charge is 0.282 e. The highest BCUT2D eigenvalue weighted by atomic mass is 79.9. The largest absolute Gasteiger partial charge is 0.379 e. The number of hydrogen-bond donors (Lipinski definition) is 2. The highest BCUT2D eigenvalue weighted by Gasteiger charge is 2.39. The zero-order chi connectivity index (χ0) is 36.7. The summed E-state index contributed by atoms with van der Waals surface area (Å²) in [6, 6.07) is 16.8. The Morgan fingerprint density at radius 2 is 1.58 bits per heavy atom. The van der Waals surface area contributed by atoms with Crippen molar-refractivity contribution in [2.24, 2.45) is 18.4 Å². The normalized spacial score (nSPS) is 25.0. The van der Waals surface area contributed by atoms with E-state index < -0.39 is 0 Å². The van der Waals surface area contributed by atoms with Crippen molar-refractivity contribution in [3.05, 3.63) is 86.2 Å². The summed E-state index contributed by atoms with van der Waals surface area (Å²) in [5.74, 6) is 0.602. The van der Waals surface area contributed by atoms with Crippen LogP contribution in [0.2, 0.25) is 0 Å². The van der Waals surface area contributed by atoms with Crippen LogP contribution in [0.5, 0.6) is 0 Å². The lowest BCUT2D eigenvalue weighted by Crippen LogP contribution is -2.48. The molecule has 1 aliphatic carbocycles. The van der Waals surface area contributed by atoms with Crippen LogP contribution >= 0.6 is 15.9 Å². The maximum Gasteiger partial charge on any atom is 0.282 e. The molecule has 4 saturated heterocycles. The Morgan fingerprint density at radius 1 is 0.906 bits per heavy atom. The van der Waals surface area contributed by atoms with E-state index in [1.165, 1.54) is 28.8 Å². The average Bonchev–Trinajstić information content (AvgIpc) is 4.00. The minimum absolute atomic E-state index is 0.126. The number of nitrogens with zero attached hydrogens (tertiary/aromatic N) is 5. The summed E-state index contributed by atoms with van der Waals surface area (Å²) in [5, 5.41) is 10.3. The molecule has 1 saturated carbocycles. The molecule has 2 N–H and O–H groups in total. The van der Waals surface area contributed by atoms with E-state index in [4.69, 9.17) is 0 Å². The molecule has 3 amide bonds. The van der Waals surface area contributed by atoms with Gasteiger partial charge < -0.3 is 20.0 Å². The predicted molar refractivity (Wildman–Crippen MR) is 208 cm³/mol. The Bertz CT molecular complexity index is 1890. The van der Waals surface area contributed by atoms with Crippen LogP contribution < -0.4 is 21.1 Å². The number of piperidine rings is 4. The summed E-state index contributed by atoms with van der Waals surface area (Å²) < 4.78 is 1.85. The number of rotatable bonds is 8. The van der Waals surface area contributed by atoms with Gasteiger partial charge in [0.05, 0.1) is 17.8 Å². The molecule has 8 rings (SSSR count). The van der Waals surface area contributed by atoms with E-state index in [0.29, 0.717) is 23.2 Å². The number of aryl methyl sites for hydroxylation is 1. The van der Waals surface area contributed by atoms with Crippen molar-refractivity contribution < 1.29 is 14.4 Å². The van der Waals surface area contributed by atoms with E-state index >= 15 is 0 Å². The molecule has 3 aromatic rings. The van der Waals surface area contributed by atoms with Gasteiger partial charge in [-0.3, -0.25) is 24.5 Å². The standard InChI is InChI=1S/C41H50BrN7O4/c1-46-40(53)37(42)35(23-43-46)44-32-22-31(25-47(26-32)24-27-2-3-27)28-4-6-30(7-5-28)39(52)49-20-16-41(17-21-49)14-18-48(19-15-41)33-10-8-29(9-11-33)34-12-13-36(50)45-38(34)51/h4-11,23,27,31-32,34,44H,2-3,12-22,24-26H2,1H3,(H,45,50,51)/t31-,32+,34?/m0/s1. The van der Waals surface area contributed by atoms with Crippen molar-refractivity contribution in [3.63, 3.8) is 0 Å². The van der Waals surface area contributed by atoms with Gasteiger partial charge in [0.25, 0.3) is 11.5 Å². The van der Waals surface area contributed by atoms with Crippen molar-refractivity contribution in [1.82, 2.24) is 24.9 Å². The lowest BCUT2D eigenvalue weighted by Gasteiger charge is -2.47. The summed E-state index contributed by atoms with van der Waals surface area (Å²) in [6.45, 7) is 6.59. The number of halogens is 1. The van der Waals surface area contributed by atoms with Gasteiger partial charge in [0.2, 0.25) is 11.8 Å². The van der Waals surface area contributed by atoms with Crippen LogP contribution in [0, 0.1) is 11.3 Å². The Balaban J connectivity index is 0.845. The number of anilines is 2. The van der Waals surface area contributed by atoms with E-state index in [2.05, 4.69) is 65.7 Å². The van der Waals surface area contributed by atoms with Crippen LogP contribution in [-0.4, -0.2) is 89.2 Å². The van der Waals surface area contributed by atoms with Gasteiger partial charge in [0.1, 0.15) is 4.47 Å². The van der Waals surface area contributed by atoms with Gasteiger partial charge in [-0.1, -0.05) is 24.3 Å². The Morgan fingerprint density at radius 3 is 2.26 bits per heavy atom. The second-order valence-corrected chi connectivity index (χ2v) is 17.0. The molecule has 280 valence electrons. The van der Waals surface area contributed by atoms with Crippen LogP contribution in [0.1, 0.15) is 91.1 Å². The third-order valence-corrected chi connectivity index (χ3v) is 13.4. The molecule has 1 unspecified atom stereocenters. The minimum atomic E-state index is -0.256. The van der Waals surface area contributed by atoms with E-state index in [-0.39, 0.29) is 40.7 Å². The first kappa shape index (κ1) is 36.0. The zero-order valence-electron chi connectivity index (χ0n) is 30.6. The number of carbonyl (C=O) groups excluding carboxylic acids is 3. The Kier molecular flexibility index (Phi) is 10.2. The molecule has 53 heavy (non-hydrogen) atoms. The molecule has 1 spiro atoms. The van der Waals surface area contributed by atoms with Crippen LogP contribution in [0.15, 0.2) is 64.0 Å². The molecule has 0 radical (unpaired) electrons. The van der Waals surface area contributed by atoms with Gasteiger partial charge in [-0.05, 0) is 120 Å². The molecule has 1 aromatic heterocycles. The van der Waals surface area contributed by atoms with Gasteiger partial charge >= 0.3 is 0 Å². The number of imide groups is 1. The van der Waals surface area contributed by atoms with Crippen molar-refractivity contribution in [3.8, 4) is 0 Å². The third kappa shape index (κ3) is 7.94. The Labute approximate surface area is 319 Å². The molecule has 0 bridgehead atoms. The first-order valence-electron chi connectivity index (χ1n) is 19.4. The van der Waals surface area contributed by atoms with Crippen molar-refractivity contribution in [2.45, 2.75) is 75.7 Å². The van der Waals surface area contributed by atoms with E-state index in [1.807, 2.05) is 29.2 Å². The van der Waals surface area contributed by atoms with Gasteiger partial charge in [-0.2, -0.15) is 5.10 Å². The van der Waals surface area contributed by atoms with Gasteiger partial charge in [0.15, 0.2) is 0 Å². The minimum Gasteiger partial charge on any atom is -0.379 e. The number of aromatic nitrogens is 2. The number of nitrogens with one attached hydrogen (secondary N) is 2. The molecule has 5 fully saturated rings. The van der Waals surface area contributed by atoms with Crippen LogP contribution in [0.4, 0.5) is 11.4 Å². The SMILES string of the molecule is Cn1ncc(N[C@@H]2C[C@H](c3ccc(C(=O)N4CCC5(CC4)CCN(c4ccc(C6CCC(=O)NC6=O)cc4)CC5)cc3)CN(CC3CC3)C2)c(Br)c1=O. The zero-order valence-corrected chi connectivity index (χ0v) is 32.2. The maximum atomic E-state index is 13.7. The molecule has 4 aliphatic heterocycles. The Hall–Kier alpha value is -4.03. The maximum absolute atomic E-state index is 13.7. The molecular weight excluding hydrogens is 734 g/mol. The second-order valence-electron chi connectivity index (χ2n) is 16.2. The molecule has 5 heterocycles. The first-order chi connectivity index (χ1) is 25.6. The van der Waals surface area contributed by atoms with Crippen molar-refractivity contribution >= 4 is 45.0 Å². The molecule has 5 aliphatic rings. The average molecular weight is 785 g/mol. The summed E-state index contributed by atoms with van der Waals surface area (Å²) in [6.07, 6.45) is 10.5. The lowest BCUT2D eigenvalue weighted by atomic mass is 9.71. The second kappa shape index (κ2) is 15.0. The summed E-state index contributed by atoms with van der Waals surface area (Å²) in [7, 11) is 1.66. The van der Waals surface area contributed by atoms with Gasteiger partial charge in [-0.15, -0.1) is 0 Å². The molecular formula is C41H50BrN7O4. The number of hydrogen-bond acceptors (Lipinski definition) is 8. The fourth-order valence-corrected chi connectivity index (χ4v) is 9.59. The van der Waals surface area contributed by atoms with E-state index in [1.54, 1.807) is 13.2 Å². The quantitative estimate of drug-likeness (QED) is 0.297. The highest BCUT2D eigenvalue weighted by molar-refractivity contribution is 9.10. The number of amides is 3. The van der Waals surface area contributed by atoms with Crippen LogP contribution in [-0.2, 0) is 16.6 Å². The third-order valence-electron chi connectivity index (χ3n) is 12.6. The molecule has 12 heteroatoms. The van der Waals surface area contributed by atoms with Crippen LogP contribution in [0.3, 0.4) is 0 Å². The van der Waals surface area contributed by atoms with Gasteiger partial charge in [0, 0.05) is 76.6 Å². The van der Waals surface area contributed by atoms with E-state index in [9.17, 15) is 19.2 Å². The molecule has 11 nitrogen and oxygen atoms in total. The van der Waals surface area contributed by atoms with Crippen molar-refractivity contribution in [2.75, 3.05) is 56.0 Å². The monoisotopic (exact) mass is 783 g/mol. The summed E-state index contributed by atoms with van der Waals surface area (Å²) >= 11 is 3.48. The first-order valence-corrected chi connectivity index (χ1v) is 20.2. The number of benzene rings is 2. The topological polar surface area (TPSA) is 120 Å². The molecule has 3 atom stereocenters. The summed E-state index contributed by atoms with van der Waals surface area (Å²) in [5.41, 5.74) is 5.02. The van der Waals surface area contributed by atoms with Crippen molar-refractivity contribution in [1.29, 1.82) is 0 Å². The predicted octanol–water partition coefficient (Wildman–Crippen LogP) is 5.27.